The highest BCUT2D eigenvalue weighted by Gasteiger charge is 2.32. The average molecular weight is 265 g/mol. The molecule has 3 unspecified atom stereocenters. The summed E-state index contributed by atoms with van der Waals surface area (Å²) < 4.78 is 6.19. The maximum absolute atomic E-state index is 6.19. The summed E-state index contributed by atoms with van der Waals surface area (Å²) in [5.41, 5.74) is 0. The van der Waals surface area contributed by atoms with Gasteiger partial charge >= 0.3 is 0 Å². The van der Waals surface area contributed by atoms with Crippen molar-refractivity contribution in [2.24, 2.45) is 11.8 Å². The number of rotatable bonds is 4. The van der Waals surface area contributed by atoms with E-state index >= 15 is 0 Å². The highest BCUT2D eigenvalue weighted by atomic mass is 16.5. The lowest BCUT2D eigenvalue weighted by molar-refractivity contribution is -0.0210. The van der Waals surface area contributed by atoms with Crippen LogP contribution in [0.2, 0.25) is 0 Å². The molecule has 0 spiro atoms. The van der Waals surface area contributed by atoms with E-state index in [1.807, 2.05) is 0 Å². The van der Waals surface area contributed by atoms with Crippen LogP contribution < -0.4 is 0 Å². The second-order valence-electron chi connectivity index (χ2n) is 7.01. The third kappa shape index (κ3) is 3.95. The molecular weight excluding hydrogens is 234 g/mol. The third-order valence-electron chi connectivity index (χ3n) is 5.70. The van der Waals surface area contributed by atoms with E-state index in [4.69, 9.17) is 4.74 Å². The van der Waals surface area contributed by atoms with Crippen LogP contribution in [-0.2, 0) is 4.74 Å². The molecule has 0 bridgehead atoms. The van der Waals surface area contributed by atoms with Crippen LogP contribution in [0.4, 0.5) is 0 Å². The van der Waals surface area contributed by atoms with Gasteiger partial charge in [-0.05, 0) is 57.0 Å². The molecule has 2 aliphatic carbocycles. The number of hydrogen-bond acceptors (Lipinski definition) is 2. The molecular formula is C17H31NO. The Morgan fingerprint density at radius 3 is 2.42 bits per heavy atom. The molecule has 3 aliphatic rings. The van der Waals surface area contributed by atoms with Crippen molar-refractivity contribution in [2.45, 2.75) is 70.3 Å². The second kappa shape index (κ2) is 7.08. The molecule has 1 saturated heterocycles. The zero-order chi connectivity index (χ0) is 12.9. The maximum Gasteiger partial charge on any atom is 0.0597 e. The Hall–Kier alpha value is -0.0800. The van der Waals surface area contributed by atoms with E-state index in [9.17, 15) is 0 Å². The van der Waals surface area contributed by atoms with Gasteiger partial charge in [0.05, 0.1) is 12.7 Å². The van der Waals surface area contributed by atoms with Gasteiger partial charge in [0.1, 0.15) is 0 Å². The van der Waals surface area contributed by atoms with Gasteiger partial charge in [0.15, 0.2) is 0 Å². The summed E-state index contributed by atoms with van der Waals surface area (Å²) in [6.45, 7) is 4.75. The van der Waals surface area contributed by atoms with E-state index in [1.165, 1.54) is 83.8 Å². The lowest BCUT2D eigenvalue weighted by Gasteiger charge is -2.39. The molecule has 1 aliphatic heterocycles. The molecule has 19 heavy (non-hydrogen) atoms. The number of likely N-dealkylation sites (tertiary alicyclic amines) is 1. The number of ether oxygens (including phenoxy) is 1. The van der Waals surface area contributed by atoms with Crippen LogP contribution in [-0.4, -0.2) is 37.2 Å². The van der Waals surface area contributed by atoms with Crippen LogP contribution in [0.1, 0.15) is 64.2 Å². The van der Waals surface area contributed by atoms with Gasteiger partial charge in [-0.15, -0.1) is 0 Å². The van der Waals surface area contributed by atoms with Crippen LogP contribution in [0.25, 0.3) is 0 Å². The van der Waals surface area contributed by atoms with Crippen molar-refractivity contribution in [3.63, 3.8) is 0 Å². The second-order valence-corrected chi connectivity index (χ2v) is 7.01. The normalized spacial score (nSPS) is 36.9. The molecule has 1 heterocycles. The Morgan fingerprint density at radius 2 is 1.58 bits per heavy atom. The molecule has 0 aromatic heterocycles. The molecule has 0 aromatic carbocycles. The molecule has 2 saturated carbocycles. The van der Waals surface area contributed by atoms with Crippen molar-refractivity contribution in [1.29, 1.82) is 0 Å². The van der Waals surface area contributed by atoms with Crippen molar-refractivity contribution >= 4 is 0 Å². The summed E-state index contributed by atoms with van der Waals surface area (Å²) in [6.07, 6.45) is 14.9. The first kappa shape index (κ1) is 13.9. The minimum atomic E-state index is 0.587. The summed E-state index contributed by atoms with van der Waals surface area (Å²) in [4.78, 5) is 2.59. The van der Waals surface area contributed by atoms with Gasteiger partial charge in [0.2, 0.25) is 0 Å². The first-order valence-corrected chi connectivity index (χ1v) is 8.76. The van der Waals surface area contributed by atoms with Crippen LogP contribution in [0.15, 0.2) is 0 Å². The van der Waals surface area contributed by atoms with Gasteiger partial charge in [0.25, 0.3) is 0 Å². The number of piperidine rings is 1. The van der Waals surface area contributed by atoms with Gasteiger partial charge < -0.3 is 9.64 Å². The first-order valence-electron chi connectivity index (χ1n) is 8.76. The molecule has 3 atom stereocenters. The lowest BCUT2D eigenvalue weighted by Crippen LogP contribution is -2.36. The Bertz CT molecular complexity index is 262. The van der Waals surface area contributed by atoms with Gasteiger partial charge in [-0.25, -0.2) is 0 Å². The summed E-state index contributed by atoms with van der Waals surface area (Å²) in [5.74, 6) is 2.05. The van der Waals surface area contributed by atoms with Gasteiger partial charge in [-0.1, -0.05) is 32.1 Å². The molecule has 0 N–H and O–H groups in total. The fourth-order valence-corrected chi connectivity index (χ4v) is 4.51. The Kier molecular flexibility index (Phi) is 5.17. The minimum absolute atomic E-state index is 0.587. The quantitative estimate of drug-likeness (QED) is 0.765. The van der Waals surface area contributed by atoms with E-state index < -0.39 is 0 Å². The van der Waals surface area contributed by atoms with Crippen LogP contribution >= 0.6 is 0 Å². The minimum Gasteiger partial charge on any atom is -0.377 e. The summed E-state index contributed by atoms with van der Waals surface area (Å²) in [5, 5.41) is 0. The van der Waals surface area contributed by atoms with Crippen molar-refractivity contribution in [3.8, 4) is 0 Å². The fraction of sp³-hybridized carbons (Fsp3) is 1.00. The zero-order valence-electron chi connectivity index (χ0n) is 12.5. The number of nitrogens with zero attached hydrogens (tertiary/aromatic N) is 1. The average Bonchev–Trinajstić information content (AvgIpc) is 2.48. The highest BCUT2D eigenvalue weighted by Crippen LogP contribution is 2.41. The molecule has 2 nitrogen and oxygen atoms in total. The SMILES string of the molecule is C1CCN(CCOC2CCC3CCCCC3C2)CC1. The van der Waals surface area contributed by atoms with E-state index in [1.54, 1.807) is 0 Å². The van der Waals surface area contributed by atoms with Crippen molar-refractivity contribution < 1.29 is 4.74 Å². The molecule has 0 amide bonds. The monoisotopic (exact) mass is 265 g/mol. The van der Waals surface area contributed by atoms with Crippen LogP contribution in [0.5, 0.6) is 0 Å². The summed E-state index contributed by atoms with van der Waals surface area (Å²) >= 11 is 0. The largest absolute Gasteiger partial charge is 0.377 e. The number of hydrogen-bond donors (Lipinski definition) is 0. The van der Waals surface area contributed by atoms with E-state index in [-0.39, 0.29) is 0 Å². The Balaban J connectivity index is 1.34. The zero-order valence-corrected chi connectivity index (χ0v) is 12.5. The fourth-order valence-electron chi connectivity index (χ4n) is 4.51. The predicted molar refractivity (Wildman–Crippen MR) is 79.3 cm³/mol. The molecule has 0 aromatic rings. The van der Waals surface area contributed by atoms with Crippen molar-refractivity contribution in [3.05, 3.63) is 0 Å². The smallest absolute Gasteiger partial charge is 0.0597 e. The highest BCUT2D eigenvalue weighted by molar-refractivity contribution is 4.83. The topological polar surface area (TPSA) is 12.5 Å². The molecule has 3 fully saturated rings. The molecule has 0 radical (unpaired) electrons. The molecule has 110 valence electrons. The van der Waals surface area contributed by atoms with Gasteiger partial charge in [0, 0.05) is 6.54 Å². The van der Waals surface area contributed by atoms with E-state index in [2.05, 4.69) is 4.90 Å². The summed E-state index contributed by atoms with van der Waals surface area (Å²) in [6, 6.07) is 0. The molecule has 2 heteroatoms. The Morgan fingerprint density at radius 1 is 0.789 bits per heavy atom. The predicted octanol–water partition coefficient (Wildman–Crippen LogP) is 3.85. The Labute approximate surface area is 118 Å². The van der Waals surface area contributed by atoms with E-state index in [0.717, 1.165) is 18.4 Å². The summed E-state index contributed by atoms with van der Waals surface area (Å²) in [7, 11) is 0. The molecule has 3 rings (SSSR count). The maximum atomic E-state index is 6.19. The number of fused-ring (bicyclic) bond motifs is 1. The van der Waals surface area contributed by atoms with Gasteiger partial charge in [-0.3, -0.25) is 0 Å². The van der Waals surface area contributed by atoms with Crippen LogP contribution in [0, 0.1) is 11.8 Å². The van der Waals surface area contributed by atoms with Gasteiger partial charge in [-0.2, -0.15) is 0 Å². The van der Waals surface area contributed by atoms with Crippen molar-refractivity contribution in [2.75, 3.05) is 26.2 Å². The van der Waals surface area contributed by atoms with Crippen LogP contribution in [0.3, 0.4) is 0 Å². The lowest BCUT2D eigenvalue weighted by atomic mass is 9.70. The first-order chi connectivity index (χ1) is 9.42. The van der Waals surface area contributed by atoms with E-state index in [0.29, 0.717) is 6.10 Å². The third-order valence-corrected chi connectivity index (χ3v) is 5.70. The standard InChI is InChI=1S/C17H31NO/c1-4-10-18(11-5-1)12-13-19-17-9-8-15-6-2-3-7-16(15)14-17/h15-17H,1-14H2. The van der Waals surface area contributed by atoms with Crippen molar-refractivity contribution in [1.82, 2.24) is 4.90 Å².